The number of nitriles is 1. The second-order valence-electron chi connectivity index (χ2n) is 9.25. The first kappa shape index (κ1) is 27.1. The third-order valence-corrected chi connectivity index (χ3v) is 7.28. The van der Waals surface area contributed by atoms with Gasteiger partial charge in [0.2, 0.25) is 0 Å². The maximum absolute atomic E-state index is 13.8. The number of carbonyl (C=O) groups excluding carboxylic acids is 1. The molecular weight excluding hydrogens is 498 g/mol. The van der Waals surface area contributed by atoms with Crippen LogP contribution in [0, 0.1) is 11.3 Å². The van der Waals surface area contributed by atoms with Crippen LogP contribution in [0.3, 0.4) is 0 Å². The number of carbonyl (C=O) groups is 1. The minimum absolute atomic E-state index is 0.0288. The number of esters is 1. The van der Waals surface area contributed by atoms with Gasteiger partial charge in [-0.15, -0.1) is 0 Å². The molecule has 0 bridgehead atoms. The lowest BCUT2D eigenvalue weighted by Crippen LogP contribution is -2.40. The minimum atomic E-state index is -0.628. The molecule has 7 nitrogen and oxygen atoms in total. The molecule has 196 valence electrons. The number of hydrogen-bond acceptors (Lipinski definition) is 7. The van der Waals surface area contributed by atoms with Gasteiger partial charge in [0.1, 0.15) is 11.8 Å². The Bertz CT molecular complexity index is 1560. The molecule has 8 heteroatoms. The van der Waals surface area contributed by atoms with E-state index in [-0.39, 0.29) is 18.8 Å². The summed E-state index contributed by atoms with van der Waals surface area (Å²) >= 11 is 1.31. The molecule has 0 saturated carbocycles. The van der Waals surface area contributed by atoms with Crippen molar-refractivity contribution >= 4 is 23.4 Å². The van der Waals surface area contributed by atoms with E-state index >= 15 is 0 Å². The molecule has 38 heavy (non-hydrogen) atoms. The topological polar surface area (TPSA) is 93.7 Å². The first-order valence-electron chi connectivity index (χ1n) is 12.8. The minimum Gasteiger partial charge on any atom is -0.479 e. The molecule has 0 spiro atoms. The van der Waals surface area contributed by atoms with E-state index in [4.69, 9.17) is 19.7 Å². The number of ether oxygens (including phenoxy) is 2. The molecule has 2 heterocycles. The zero-order valence-corrected chi connectivity index (χ0v) is 22.9. The molecule has 0 amide bonds. The van der Waals surface area contributed by atoms with Gasteiger partial charge < -0.3 is 9.47 Å². The van der Waals surface area contributed by atoms with E-state index in [9.17, 15) is 9.59 Å². The Balaban J connectivity index is 1.89. The van der Waals surface area contributed by atoms with Crippen LogP contribution < -0.4 is 19.6 Å². The van der Waals surface area contributed by atoms with E-state index in [2.05, 4.69) is 13.8 Å². The monoisotopic (exact) mass is 529 g/mol. The number of rotatable bonds is 9. The van der Waals surface area contributed by atoms with Gasteiger partial charge in [0.15, 0.2) is 11.4 Å². The number of hydrogen-bond donors (Lipinski definition) is 0. The average Bonchev–Trinajstić information content (AvgIpc) is 3.22. The number of nitrogens with zero attached hydrogens (tertiary/aromatic N) is 3. The van der Waals surface area contributed by atoms with E-state index in [0.717, 1.165) is 17.5 Å². The van der Waals surface area contributed by atoms with Crippen molar-refractivity contribution in [2.75, 3.05) is 13.2 Å². The lowest BCUT2D eigenvalue weighted by atomic mass is 9.92. The van der Waals surface area contributed by atoms with Gasteiger partial charge in [-0.3, -0.25) is 9.36 Å². The van der Waals surface area contributed by atoms with Crippen LogP contribution in [0.25, 0.3) is 6.08 Å². The molecule has 4 rings (SSSR count). The van der Waals surface area contributed by atoms with Crippen LogP contribution in [0.2, 0.25) is 0 Å². The summed E-state index contributed by atoms with van der Waals surface area (Å²) in [6.45, 7) is 8.28. The van der Waals surface area contributed by atoms with Crippen LogP contribution in [-0.2, 0) is 9.53 Å². The highest BCUT2D eigenvalue weighted by atomic mass is 32.1. The van der Waals surface area contributed by atoms with Crippen LogP contribution in [0.5, 0.6) is 5.75 Å². The van der Waals surface area contributed by atoms with Crippen molar-refractivity contribution in [1.29, 1.82) is 5.26 Å². The molecule has 3 aromatic rings. The van der Waals surface area contributed by atoms with Crippen LogP contribution in [0.4, 0.5) is 0 Å². The number of fused-ring (bicyclic) bond motifs is 1. The predicted octanol–water partition coefficient (Wildman–Crippen LogP) is 4.60. The highest BCUT2D eigenvalue weighted by Gasteiger charge is 2.34. The SMILES string of the molecule is CCCC1=C(C(=O)OCC)[C@H](c2ccc(C(C)C)cc2)n2c(s/c(=C\c3ccc(OCC#N)cc3)c2=O)=N1. The Morgan fingerprint density at radius 3 is 2.47 bits per heavy atom. The normalized spacial score (nSPS) is 15.2. The van der Waals surface area contributed by atoms with Gasteiger partial charge in [-0.1, -0.05) is 74.9 Å². The second kappa shape index (κ2) is 12.1. The lowest BCUT2D eigenvalue weighted by Gasteiger charge is -2.26. The quantitative estimate of drug-likeness (QED) is 0.378. The number of aromatic nitrogens is 1. The van der Waals surface area contributed by atoms with Gasteiger partial charge in [0, 0.05) is 0 Å². The van der Waals surface area contributed by atoms with Crippen LogP contribution in [0.15, 0.2) is 69.6 Å². The zero-order valence-electron chi connectivity index (χ0n) is 22.1. The van der Waals surface area contributed by atoms with Crippen molar-refractivity contribution in [3.05, 3.63) is 96.2 Å². The Hall–Kier alpha value is -3.96. The van der Waals surface area contributed by atoms with E-state index in [1.807, 2.05) is 55.5 Å². The molecule has 1 aromatic heterocycles. The van der Waals surface area contributed by atoms with E-state index in [0.29, 0.717) is 38.7 Å². The number of thiazole rings is 1. The van der Waals surface area contributed by atoms with Crippen LogP contribution >= 0.6 is 11.3 Å². The first-order chi connectivity index (χ1) is 18.4. The third kappa shape index (κ3) is 5.63. The van der Waals surface area contributed by atoms with Crippen molar-refractivity contribution in [2.24, 2.45) is 4.99 Å². The zero-order chi connectivity index (χ0) is 27.2. The van der Waals surface area contributed by atoms with Crippen molar-refractivity contribution in [2.45, 2.75) is 52.5 Å². The van der Waals surface area contributed by atoms with Gasteiger partial charge >= 0.3 is 5.97 Å². The summed E-state index contributed by atoms with van der Waals surface area (Å²) in [4.78, 5) is 32.5. The molecule has 1 aliphatic rings. The van der Waals surface area contributed by atoms with E-state index in [1.165, 1.54) is 16.9 Å². The van der Waals surface area contributed by atoms with Gasteiger partial charge in [-0.2, -0.15) is 5.26 Å². The molecule has 0 unspecified atom stereocenters. The highest BCUT2D eigenvalue weighted by molar-refractivity contribution is 7.07. The Morgan fingerprint density at radius 1 is 1.16 bits per heavy atom. The molecule has 1 atom stereocenters. The van der Waals surface area contributed by atoms with Gasteiger partial charge in [0.25, 0.3) is 5.56 Å². The Kier molecular flexibility index (Phi) is 8.59. The highest BCUT2D eigenvalue weighted by Crippen LogP contribution is 2.33. The second-order valence-corrected chi connectivity index (χ2v) is 10.3. The molecule has 0 radical (unpaired) electrons. The molecule has 0 fully saturated rings. The van der Waals surface area contributed by atoms with Crippen molar-refractivity contribution < 1.29 is 14.3 Å². The molecule has 0 N–H and O–H groups in total. The van der Waals surface area contributed by atoms with E-state index < -0.39 is 12.0 Å². The fourth-order valence-electron chi connectivity index (χ4n) is 4.43. The summed E-state index contributed by atoms with van der Waals surface area (Å²) in [5, 5.41) is 8.71. The first-order valence-corrected chi connectivity index (χ1v) is 13.6. The smallest absolute Gasteiger partial charge is 0.338 e. The van der Waals surface area contributed by atoms with Crippen LogP contribution in [-0.4, -0.2) is 23.8 Å². The molecule has 1 aliphatic heterocycles. The summed E-state index contributed by atoms with van der Waals surface area (Å²) in [7, 11) is 0. The Labute approximate surface area is 226 Å². The maximum Gasteiger partial charge on any atom is 0.338 e. The summed E-state index contributed by atoms with van der Waals surface area (Å²) in [6.07, 6.45) is 3.21. The average molecular weight is 530 g/mol. The molecule has 2 aromatic carbocycles. The van der Waals surface area contributed by atoms with E-state index in [1.54, 1.807) is 23.6 Å². The predicted molar refractivity (Wildman–Crippen MR) is 148 cm³/mol. The molecule has 0 aliphatic carbocycles. The van der Waals surface area contributed by atoms with Crippen molar-refractivity contribution in [3.8, 4) is 11.8 Å². The van der Waals surface area contributed by atoms with Gasteiger partial charge in [0.05, 0.1) is 28.5 Å². The summed E-state index contributed by atoms with van der Waals surface area (Å²) in [5.41, 5.74) is 3.70. The summed E-state index contributed by atoms with van der Waals surface area (Å²) < 4.78 is 12.9. The van der Waals surface area contributed by atoms with Crippen LogP contribution in [0.1, 0.15) is 69.2 Å². The van der Waals surface area contributed by atoms with Crippen molar-refractivity contribution in [1.82, 2.24) is 4.57 Å². The third-order valence-electron chi connectivity index (χ3n) is 6.29. The summed E-state index contributed by atoms with van der Waals surface area (Å²) in [5.74, 6) is 0.497. The number of allylic oxidation sites excluding steroid dienone is 1. The Morgan fingerprint density at radius 2 is 1.87 bits per heavy atom. The number of benzene rings is 2. The molecule has 0 saturated heterocycles. The van der Waals surface area contributed by atoms with Crippen molar-refractivity contribution in [3.63, 3.8) is 0 Å². The standard InChI is InChI=1S/C30H31N3O4S/c1-5-7-24-26(29(35)36-6-2)27(22-12-10-21(11-13-22)19(3)4)33-28(34)25(38-30(33)32-24)18-20-8-14-23(15-9-20)37-17-16-31/h8-15,18-19,27H,5-7,17H2,1-4H3/b25-18-/t27-/m0/s1. The fraction of sp³-hybridized carbons (Fsp3) is 0.333. The molecular formula is C30H31N3O4S. The van der Waals surface area contributed by atoms with Gasteiger partial charge in [-0.25, -0.2) is 9.79 Å². The van der Waals surface area contributed by atoms with Gasteiger partial charge in [-0.05, 0) is 54.2 Å². The largest absolute Gasteiger partial charge is 0.479 e. The summed E-state index contributed by atoms with van der Waals surface area (Å²) in [6, 6.07) is 16.6. The lowest BCUT2D eigenvalue weighted by molar-refractivity contribution is -0.139. The maximum atomic E-state index is 13.8. The fourth-order valence-corrected chi connectivity index (χ4v) is 5.45.